The van der Waals surface area contributed by atoms with Gasteiger partial charge in [-0.25, -0.2) is 0 Å². The van der Waals surface area contributed by atoms with E-state index in [1.54, 1.807) is 12.4 Å². The normalized spacial score (nSPS) is 9.09. The summed E-state index contributed by atoms with van der Waals surface area (Å²) in [6.07, 6.45) is 5.30. The number of nitrogens with one attached hydrogen (secondary N) is 1. The molecule has 11 heavy (non-hydrogen) atoms. The number of rotatable bonds is 4. The minimum Gasteiger partial charge on any atom is -0.483 e. The summed E-state index contributed by atoms with van der Waals surface area (Å²) in [6, 6.07) is 3.88. The van der Waals surface area contributed by atoms with Gasteiger partial charge in [0.15, 0.2) is 6.40 Å². The fourth-order valence-electron chi connectivity index (χ4n) is 0.782. The van der Waals surface area contributed by atoms with Gasteiger partial charge in [0, 0.05) is 18.8 Å². The lowest BCUT2D eigenvalue weighted by Gasteiger charge is -1.98. The Morgan fingerprint density at radius 3 is 3.18 bits per heavy atom. The molecule has 0 spiro atoms. The predicted molar refractivity (Wildman–Crippen MR) is 42.7 cm³/mol. The van der Waals surface area contributed by atoms with Crippen LogP contribution in [0.2, 0.25) is 0 Å². The molecule has 3 nitrogen and oxygen atoms in total. The van der Waals surface area contributed by atoms with Crippen LogP contribution in [0, 0.1) is 5.41 Å². The van der Waals surface area contributed by atoms with E-state index in [0.29, 0.717) is 6.61 Å². The summed E-state index contributed by atoms with van der Waals surface area (Å²) >= 11 is 0. The fourth-order valence-corrected chi connectivity index (χ4v) is 0.782. The maximum Gasteiger partial charge on any atom is 0.166 e. The number of hydrogen-bond acceptors (Lipinski definition) is 3. The second-order valence-corrected chi connectivity index (χ2v) is 2.10. The highest BCUT2D eigenvalue weighted by Gasteiger charge is 1.89. The Labute approximate surface area is 65.5 Å². The zero-order chi connectivity index (χ0) is 7.94. The van der Waals surface area contributed by atoms with Gasteiger partial charge in [-0.2, -0.15) is 0 Å². The molecule has 1 heterocycles. The summed E-state index contributed by atoms with van der Waals surface area (Å²) in [5.41, 5.74) is 1.13. The summed E-state index contributed by atoms with van der Waals surface area (Å²) in [6.45, 7) is 0.551. The van der Waals surface area contributed by atoms with Crippen molar-refractivity contribution in [3.05, 3.63) is 30.1 Å². The molecular weight excluding hydrogens is 140 g/mol. The standard InChI is InChI=1S/C8H10N2O/c9-7-11-5-3-8-2-1-4-10-6-8/h1-2,4,6-7,9H,3,5H2. The molecular formula is C8H10N2O. The van der Waals surface area contributed by atoms with Crippen LogP contribution in [0.1, 0.15) is 5.56 Å². The van der Waals surface area contributed by atoms with Crippen molar-refractivity contribution in [1.29, 1.82) is 5.41 Å². The van der Waals surface area contributed by atoms with Gasteiger partial charge >= 0.3 is 0 Å². The Morgan fingerprint density at radius 1 is 1.64 bits per heavy atom. The van der Waals surface area contributed by atoms with Crippen molar-refractivity contribution in [3.8, 4) is 0 Å². The second kappa shape index (κ2) is 4.44. The monoisotopic (exact) mass is 150 g/mol. The van der Waals surface area contributed by atoms with Crippen LogP contribution in [0.3, 0.4) is 0 Å². The quantitative estimate of drug-likeness (QED) is 0.399. The van der Waals surface area contributed by atoms with Gasteiger partial charge in [-0.3, -0.25) is 10.4 Å². The average molecular weight is 150 g/mol. The molecule has 0 atom stereocenters. The molecule has 0 saturated carbocycles. The molecule has 0 radical (unpaired) electrons. The van der Waals surface area contributed by atoms with Crippen molar-refractivity contribution in [1.82, 2.24) is 4.98 Å². The van der Waals surface area contributed by atoms with Crippen molar-refractivity contribution < 1.29 is 4.74 Å². The Balaban J connectivity index is 2.33. The third kappa shape index (κ3) is 2.80. The first kappa shape index (κ1) is 7.72. The van der Waals surface area contributed by atoms with E-state index in [-0.39, 0.29) is 0 Å². The second-order valence-electron chi connectivity index (χ2n) is 2.10. The Bertz CT molecular complexity index is 211. The molecule has 0 aromatic carbocycles. The van der Waals surface area contributed by atoms with Crippen LogP contribution in [0.5, 0.6) is 0 Å². The number of hydrogen-bond donors (Lipinski definition) is 1. The summed E-state index contributed by atoms with van der Waals surface area (Å²) in [5, 5.41) is 6.61. The van der Waals surface area contributed by atoms with Gasteiger partial charge in [0.25, 0.3) is 0 Å². The molecule has 1 rings (SSSR count). The van der Waals surface area contributed by atoms with Crippen molar-refractivity contribution in [2.75, 3.05) is 6.61 Å². The minimum atomic E-state index is 0.551. The highest BCUT2D eigenvalue weighted by molar-refractivity contribution is 5.40. The number of nitrogens with zero attached hydrogens (tertiary/aromatic N) is 1. The Morgan fingerprint density at radius 2 is 2.55 bits per heavy atom. The Hall–Kier alpha value is -1.38. The molecule has 0 bridgehead atoms. The third-order valence-corrected chi connectivity index (χ3v) is 1.31. The third-order valence-electron chi connectivity index (χ3n) is 1.31. The first-order chi connectivity index (χ1) is 5.43. The SMILES string of the molecule is N=COCCc1cccnc1. The lowest BCUT2D eigenvalue weighted by molar-refractivity contribution is 0.322. The number of pyridine rings is 1. The van der Waals surface area contributed by atoms with E-state index in [0.717, 1.165) is 18.4 Å². The highest BCUT2D eigenvalue weighted by atomic mass is 16.5. The molecule has 1 N–H and O–H groups in total. The molecule has 0 fully saturated rings. The summed E-state index contributed by atoms with van der Waals surface area (Å²) in [7, 11) is 0. The first-order valence-corrected chi connectivity index (χ1v) is 3.43. The van der Waals surface area contributed by atoms with Crippen LogP contribution in [0.25, 0.3) is 0 Å². The zero-order valence-corrected chi connectivity index (χ0v) is 6.16. The fraction of sp³-hybridized carbons (Fsp3) is 0.250. The molecule has 0 aliphatic heterocycles. The van der Waals surface area contributed by atoms with E-state index in [9.17, 15) is 0 Å². The zero-order valence-electron chi connectivity index (χ0n) is 6.16. The number of aromatic nitrogens is 1. The van der Waals surface area contributed by atoms with Crippen LogP contribution in [0.4, 0.5) is 0 Å². The van der Waals surface area contributed by atoms with E-state index < -0.39 is 0 Å². The van der Waals surface area contributed by atoms with Crippen LogP contribution in [-0.2, 0) is 11.2 Å². The van der Waals surface area contributed by atoms with E-state index in [4.69, 9.17) is 10.1 Å². The summed E-state index contributed by atoms with van der Waals surface area (Å²) in [4.78, 5) is 3.95. The van der Waals surface area contributed by atoms with Gasteiger partial charge in [0.1, 0.15) is 0 Å². The van der Waals surface area contributed by atoms with Gasteiger partial charge in [0.2, 0.25) is 0 Å². The van der Waals surface area contributed by atoms with Gasteiger partial charge in [0.05, 0.1) is 6.61 Å². The highest BCUT2D eigenvalue weighted by Crippen LogP contribution is 1.95. The molecule has 3 heteroatoms. The van der Waals surface area contributed by atoms with Crippen LogP contribution >= 0.6 is 0 Å². The average Bonchev–Trinajstić information content (AvgIpc) is 2.07. The van der Waals surface area contributed by atoms with Gasteiger partial charge in [-0.15, -0.1) is 0 Å². The van der Waals surface area contributed by atoms with Crippen LogP contribution in [0.15, 0.2) is 24.5 Å². The van der Waals surface area contributed by atoms with E-state index in [2.05, 4.69) is 4.98 Å². The van der Waals surface area contributed by atoms with Crippen molar-refractivity contribution in [2.24, 2.45) is 0 Å². The lowest BCUT2D eigenvalue weighted by Crippen LogP contribution is -1.96. The van der Waals surface area contributed by atoms with E-state index in [1.807, 2.05) is 12.1 Å². The van der Waals surface area contributed by atoms with Crippen molar-refractivity contribution >= 4 is 6.40 Å². The van der Waals surface area contributed by atoms with Gasteiger partial charge < -0.3 is 4.74 Å². The van der Waals surface area contributed by atoms with Crippen molar-refractivity contribution in [3.63, 3.8) is 0 Å². The molecule has 0 saturated heterocycles. The molecule has 0 aliphatic rings. The molecule has 0 aliphatic carbocycles. The van der Waals surface area contributed by atoms with Gasteiger partial charge in [-0.1, -0.05) is 6.07 Å². The summed E-state index contributed by atoms with van der Waals surface area (Å²) < 4.78 is 4.75. The molecule has 58 valence electrons. The van der Waals surface area contributed by atoms with E-state index >= 15 is 0 Å². The molecule has 0 unspecified atom stereocenters. The van der Waals surface area contributed by atoms with Crippen molar-refractivity contribution in [2.45, 2.75) is 6.42 Å². The van der Waals surface area contributed by atoms with Gasteiger partial charge in [-0.05, 0) is 11.6 Å². The molecule has 1 aromatic rings. The Kier molecular flexibility index (Phi) is 3.12. The number of ether oxygens (including phenoxy) is 1. The van der Waals surface area contributed by atoms with Crippen LogP contribution < -0.4 is 0 Å². The smallest absolute Gasteiger partial charge is 0.166 e. The maximum atomic E-state index is 6.61. The summed E-state index contributed by atoms with van der Waals surface area (Å²) in [5.74, 6) is 0. The van der Waals surface area contributed by atoms with Crippen LogP contribution in [-0.4, -0.2) is 18.0 Å². The molecule has 0 amide bonds. The maximum absolute atomic E-state index is 6.61. The topological polar surface area (TPSA) is 46.0 Å². The lowest BCUT2D eigenvalue weighted by atomic mass is 10.2. The minimum absolute atomic E-state index is 0.551. The first-order valence-electron chi connectivity index (χ1n) is 3.43. The van der Waals surface area contributed by atoms with E-state index in [1.165, 1.54) is 0 Å². The largest absolute Gasteiger partial charge is 0.483 e. The molecule has 1 aromatic heterocycles. The predicted octanol–water partition coefficient (Wildman–Crippen LogP) is 1.25.